The van der Waals surface area contributed by atoms with Crippen LogP contribution in [0, 0.1) is 0 Å². The zero-order valence-corrected chi connectivity index (χ0v) is 10.5. The van der Waals surface area contributed by atoms with Gasteiger partial charge in [-0.2, -0.15) is 18.3 Å². The predicted molar refractivity (Wildman–Crippen MR) is 63.4 cm³/mol. The Labute approximate surface area is 112 Å². The van der Waals surface area contributed by atoms with Gasteiger partial charge in [-0.15, -0.1) is 0 Å². The molecule has 0 bridgehead atoms. The number of nitrogens with one attached hydrogen (secondary N) is 1. The average molecular weight is 283 g/mol. The summed E-state index contributed by atoms with van der Waals surface area (Å²) < 4.78 is 37.6. The molecular weight excluding hydrogens is 271 g/mol. The lowest BCUT2D eigenvalue weighted by atomic mass is 10.1. The van der Waals surface area contributed by atoms with Crippen LogP contribution in [0.4, 0.5) is 13.2 Å². The zero-order valence-electron chi connectivity index (χ0n) is 10.5. The number of H-pyrrole nitrogens is 1. The molecule has 1 aliphatic rings. The molecule has 0 saturated carbocycles. The first kappa shape index (κ1) is 13.0. The summed E-state index contributed by atoms with van der Waals surface area (Å²) in [7, 11) is 0. The van der Waals surface area contributed by atoms with Crippen molar-refractivity contribution in [2.24, 2.45) is 0 Å². The lowest BCUT2D eigenvalue weighted by molar-refractivity contribution is -0.145. The van der Waals surface area contributed by atoms with Gasteiger partial charge >= 0.3 is 6.18 Å². The molecule has 20 heavy (non-hydrogen) atoms. The van der Waals surface area contributed by atoms with Crippen LogP contribution in [-0.4, -0.2) is 31.6 Å². The van der Waals surface area contributed by atoms with Crippen LogP contribution in [0.5, 0.6) is 0 Å². The fourth-order valence-electron chi connectivity index (χ4n) is 2.27. The maximum atomic E-state index is 12.5. The first-order valence-corrected chi connectivity index (χ1v) is 6.14. The van der Waals surface area contributed by atoms with Crippen molar-refractivity contribution in [1.29, 1.82) is 0 Å². The van der Waals surface area contributed by atoms with Gasteiger partial charge < -0.3 is 0 Å². The highest BCUT2D eigenvalue weighted by Crippen LogP contribution is 2.27. The topological polar surface area (TPSA) is 57.7 Å². The van der Waals surface area contributed by atoms with E-state index in [9.17, 15) is 13.2 Å². The molecule has 2 aromatic rings. The second-order valence-corrected chi connectivity index (χ2v) is 4.73. The molecule has 106 valence electrons. The smallest absolute Gasteiger partial charge is 0.294 e. The van der Waals surface area contributed by atoms with Gasteiger partial charge in [-0.05, 0) is 0 Å². The van der Waals surface area contributed by atoms with Gasteiger partial charge in [0.05, 0.1) is 11.9 Å². The van der Waals surface area contributed by atoms with Crippen molar-refractivity contribution >= 4 is 0 Å². The van der Waals surface area contributed by atoms with Gasteiger partial charge in [-0.25, -0.2) is 9.97 Å². The molecule has 1 aliphatic heterocycles. The van der Waals surface area contributed by atoms with Gasteiger partial charge in [-0.3, -0.25) is 10.00 Å². The summed E-state index contributed by atoms with van der Waals surface area (Å²) in [5, 5.41) is 6.61. The summed E-state index contributed by atoms with van der Waals surface area (Å²) in [5.41, 5.74) is 2.30. The maximum absolute atomic E-state index is 12.5. The lowest BCUT2D eigenvalue weighted by Gasteiger charge is -2.27. The minimum atomic E-state index is -4.48. The number of aromatic nitrogens is 4. The molecule has 0 aliphatic carbocycles. The van der Waals surface area contributed by atoms with Gasteiger partial charge in [0.1, 0.15) is 0 Å². The summed E-state index contributed by atoms with van der Waals surface area (Å²) in [4.78, 5) is 9.18. The van der Waals surface area contributed by atoms with Crippen LogP contribution in [0.2, 0.25) is 0 Å². The number of fused-ring (bicyclic) bond motifs is 1. The standard InChI is InChI=1S/C12H12F3N5/c13-12(14,15)11-16-5-9-7-20(2-1-10(9)19-11)6-8-3-17-18-4-8/h3-5H,1-2,6-7H2,(H,17,18). The molecule has 1 N–H and O–H groups in total. The molecule has 0 spiro atoms. The van der Waals surface area contributed by atoms with Crippen LogP contribution in [0.1, 0.15) is 22.6 Å². The maximum Gasteiger partial charge on any atom is 0.451 e. The molecule has 5 nitrogen and oxygen atoms in total. The zero-order chi connectivity index (χ0) is 14.2. The number of halogens is 3. The largest absolute Gasteiger partial charge is 0.451 e. The Balaban J connectivity index is 1.75. The van der Waals surface area contributed by atoms with Crippen LogP contribution in [0.3, 0.4) is 0 Å². The van der Waals surface area contributed by atoms with E-state index < -0.39 is 12.0 Å². The second-order valence-electron chi connectivity index (χ2n) is 4.73. The minimum Gasteiger partial charge on any atom is -0.294 e. The van der Waals surface area contributed by atoms with E-state index in [1.165, 1.54) is 6.20 Å². The van der Waals surface area contributed by atoms with Crippen LogP contribution in [0.15, 0.2) is 18.6 Å². The molecule has 3 rings (SSSR count). The predicted octanol–water partition coefficient (Wildman–Crippen LogP) is 1.78. The van der Waals surface area contributed by atoms with Crippen LogP contribution < -0.4 is 0 Å². The van der Waals surface area contributed by atoms with Crippen molar-refractivity contribution in [3.8, 4) is 0 Å². The Morgan fingerprint density at radius 3 is 2.85 bits per heavy atom. The van der Waals surface area contributed by atoms with Crippen molar-refractivity contribution in [1.82, 2.24) is 25.1 Å². The van der Waals surface area contributed by atoms with Crippen molar-refractivity contribution in [3.05, 3.63) is 41.2 Å². The van der Waals surface area contributed by atoms with Crippen molar-refractivity contribution in [2.45, 2.75) is 25.7 Å². The molecule has 8 heteroatoms. The second kappa shape index (κ2) is 4.86. The first-order valence-electron chi connectivity index (χ1n) is 6.14. The van der Waals surface area contributed by atoms with Crippen LogP contribution in [-0.2, 0) is 25.7 Å². The Morgan fingerprint density at radius 1 is 1.30 bits per heavy atom. The molecule has 0 aromatic carbocycles. The van der Waals surface area contributed by atoms with E-state index in [1.54, 1.807) is 12.4 Å². The number of rotatable bonds is 2. The summed E-state index contributed by atoms with van der Waals surface area (Å²) >= 11 is 0. The van der Waals surface area contributed by atoms with E-state index in [-0.39, 0.29) is 0 Å². The highest BCUT2D eigenvalue weighted by atomic mass is 19.4. The van der Waals surface area contributed by atoms with E-state index in [1.807, 2.05) is 0 Å². The number of aromatic amines is 1. The molecular formula is C12H12F3N5. The Morgan fingerprint density at radius 2 is 2.15 bits per heavy atom. The minimum absolute atomic E-state index is 0.496. The highest BCUT2D eigenvalue weighted by molar-refractivity contribution is 5.21. The van der Waals surface area contributed by atoms with E-state index in [0.29, 0.717) is 31.7 Å². The quantitative estimate of drug-likeness (QED) is 0.912. The summed E-state index contributed by atoms with van der Waals surface area (Å²) in [6.07, 6.45) is 0.839. The van der Waals surface area contributed by atoms with Crippen molar-refractivity contribution in [2.75, 3.05) is 6.54 Å². The van der Waals surface area contributed by atoms with Crippen LogP contribution >= 0.6 is 0 Å². The van der Waals surface area contributed by atoms with Gasteiger partial charge in [-0.1, -0.05) is 0 Å². The van der Waals surface area contributed by atoms with Gasteiger partial charge in [0, 0.05) is 49.6 Å². The highest BCUT2D eigenvalue weighted by Gasteiger charge is 2.35. The molecule has 0 atom stereocenters. The van der Waals surface area contributed by atoms with E-state index in [2.05, 4.69) is 25.1 Å². The Bertz CT molecular complexity index is 594. The van der Waals surface area contributed by atoms with Gasteiger partial charge in [0.25, 0.3) is 0 Å². The molecule has 0 fully saturated rings. The summed E-state index contributed by atoms with van der Waals surface area (Å²) in [6.45, 7) is 1.93. The third kappa shape index (κ3) is 2.64. The molecule has 0 saturated heterocycles. The normalized spacial score (nSPS) is 16.1. The molecule has 3 heterocycles. The molecule has 0 unspecified atom stereocenters. The SMILES string of the molecule is FC(F)(F)c1ncc2c(n1)CCN(Cc1cn[nH]c1)C2. The number of nitrogens with zero attached hydrogens (tertiary/aromatic N) is 4. The van der Waals surface area contributed by atoms with E-state index >= 15 is 0 Å². The Hall–Kier alpha value is -1.96. The Kier molecular flexibility index (Phi) is 3.17. The summed E-state index contributed by atoms with van der Waals surface area (Å²) in [5.74, 6) is -1.06. The average Bonchev–Trinajstić information content (AvgIpc) is 2.90. The van der Waals surface area contributed by atoms with Gasteiger partial charge in [0.2, 0.25) is 5.82 Å². The first-order chi connectivity index (χ1) is 9.52. The molecule has 0 amide bonds. The third-order valence-electron chi connectivity index (χ3n) is 3.23. The molecule has 2 aromatic heterocycles. The van der Waals surface area contributed by atoms with E-state index in [4.69, 9.17) is 0 Å². The molecule has 0 radical (unpaired) electrons. The fraction of sp³-hybridized carbons (Fsp3) is 0.417. The van der Waals surface area contributed by atoms with E-state index in [0.717, 1.165) is 11.1 Å². The summed E-state index contributed by atoms with van der Waals surface area (Å²) in [6, 6.07) is 0. The lowest BCUT2D eigenvalue weighted by Crippen LogP contribution is -2.31. The third-order valence-corrected chi connectivity index (χ3v) is 3.23. The number of alkyl halides is 3. The number of hydrogen-bond donors (Lipinski definition) is 1. The van der Waals surface area contributed by atoms with Crippen molar-refractivity contribution < 1.29 is 13.2 Å². The number of hydrogen-bond acceptors (Lipinski definition) is 4. The monoisotopic (exact) mass is 283 g/mol. The fourth-order valence-corrected chi connectivity index (χ4v) is 2.27. The van der Waals surface area contributed by atoms with Gasteiger partial charge in [0.15, 0.2) is 0 Å². The van der Waals surface area contributed by atoms with Crippen LogP contribution in [0.25, 0.3) is 0 Å². The van der Waals surface area contributed by atoms with Crippen molar-refractivity contribution in [3.63, 3.8) is 0 Å².